The number of rotatable bonds is 6. The number of carbonyl (C=O) groups excluding carboxylic acids is 1. The van der Waals surface area contributed by atoms with Gasteiger partial charge in [-0.25, -0.2) is 0 Å². The monoisotopic (exact) mass is 300 g/mol. The molecule has 22 heavy (non-hydrogen) atoms. The quantitative estimate of drug-likeness (QED) is 0.861. The van der Waals surface area contributed by atoms with E-state index in [-0.39, 0.29) is 12.5 Å². The Hall–Kier alpha value is -2.07. The lowest BCUT2D eigenvalue weighted by atomic mass is 10.1. The molecule has 1 atom stereocenters. The summed E-state index contributed by atoms with van der Waals surface area (Å²) in [6.45, 7) is 7.11. The van der Waals surface area contributed by atoms with Gasteiger partial charge in [-0.15, -0.1) is 0 Å². The second kappa shape index (κ2) is 7.27. The first-order valence-electron chi connectivity index (χ1n) is 7.69. The van der Waals surface area contributed by atoms with E-state index in [1.807, 2.05) is 50.2 Å². The van der Waals surface area contributed by atoms with E-state index < -0.39 is 6.10 Å². The first-order chi connectivity index (χ1) is 10.5. The van der Waals surface area contributed by atoms with Crippen LogP contribution in [0.3, 0.4) is 0 Å². The second-order valence-corrected chi connectivity index (χ2v) is 5.58. The van der Waals surface area contributed by atoms with Gasteiger partial charge in [-0.3, -0.25) is 4.79 Å². The molecule has 1 amide bonds. The summed E-state index contributed by atoms with van der Waals surface area (Å²) < 4.78 is 2.11. The van der Waals surface area contributed by atoms with Crippen LogP contribution in [0.5, 0.6) is 0 Å². The zero-order valence-corrected chi connectivity index (χ0v) is 13.5. The number of hydrogen-bond donors (Lipinski definition) is 2. The van der Waals surface area contributed by atoms with Crippen LogP contribution in [0.2, 0.25) is 0 Å². The van der Waals surface area contributed by atoms with Crippen molar-refractivity contribution in [2.45, 2.75) is 39.8 Å². The molecule has 0 fully saturated rings. The van der Waals surface area contributed by atoms with E-state index in [1.54, 1.807) is 0 Å². The fourth-order valence-electron chi connectivity index (χ4n) is 2.78. The number of hydrogen-bond acceptors (Lipinski definition) is 2. The van der Waals surface area contributed by atoms with Crippen molar-refractivity contribution in [3.05, 3.63) is 58.9 Å². The predicted octanol–water partition coefficient (Wildman–Crippen LogP) is 2.46. The van der Waals surface area contributed by atoms with Crippen molar-refractivity contribution in [1.29, 1.82) is 0 Å². The Morgan fingerprint density at radius 2 is 1.95 bits per heavy atom. The maximum absolute atomic E-state index is 12.3. The van der Waals surface area contributed by atoms with Gasteiger partial charge in [0.25, 0.3) is 5.91 Å². The van der Waals surface area contributed by atoms with Crippen LogP contribution in [-0.4, -0.2) is 28.2 Å². The van der Waals surface area contributed by atoms with Crippen molar-refractivity contribution in [3.8, 4) is 0 Å². The maximum atomic E-state index is 12.3. The molecule has 4 heteroatoms. The molecule has 0 saturated heterocycles. The number of amides is 1. The molecule has 0 aliphatic heterocycles. The standard InChI is InChI=1S/C18H24N2O2/c1-4-20-13(2)10-17(14(20)3)18(22)19-12-16(21)11-15-8-6-5-7-9-15/h5-10,16,21H,4,11-12H2,1-3H3,(H,19,22). The van der Waals surface area contributed by atoms with Crippen LogP contribution >= 0.6 is 0 Å². The van der Waals surface area contributed by atoms with Gasteiger partial charge in [-0.1, -0.05) is 30.3 Å². The van der Waals surface area contributed by atoms with Crippen molar-refractivity contribution < 1.29 is 9.90 Å². The third-order valence-corrected chi connectivity index (χ3v) is 3.95. The van der Waals surface area contributed by atoms with Crippen LogP contribution < -0.4 is 5.32 Å². The first-order valence-corrected chi connectivity index (χ1v) is 7.69. The number of nitrogens with one attached hydrogen (secondary N) is 1. The van der Waals surface area contributed by atoms with E-state index in [0.717, 1.165) is 23.5 Å². The predicted molar refractivity (Wildman–Crippen MR) is 88.1 cm³/mol. The van der Waals surface area contributed by atoms with Gasteiger partial charge in [-0.2, -0.15) is 0 Å². The molecular formula is C18H24N2O2. The van der Waals surface area contributed by atoms with Crippen molar-refractivity contribution >= 4 is 5.91 Å². The Labute approximate surface area is 131 Å². The molecule has 0 radical (unpaired) electrons. The number of carbonyl (C=O) groups is 1. The van der Waals surface area contributed by atoms with E-state index in [4.69, 9.17) is 0 Å². The molecule has 2 rings (SSSR count). The van der Waals surface area contributed by atoms with Crippen LogP contribution in [0.15, 0.2) is 36.4 Å². The molecule has 0 aliphatic carbocycles. The average Bonchev–Trinajstić information content (AvgIpc) is 2.80. The molecular weight excluding hydrogens is 276 g/mol. The number of aryl methyl sites for hydroxylation is 1. The molecule has 0 bridgehead atoms. The highest BCUT2D eigenvalue weighted by Gasteiger charge is 2.15. The Kier molecular flexibility index (Phi) is 5.39. The van der Waals surface area contributed by atoms with Gasteiger partial charge in [0.05, 0.1) is 11.7 Å². The van der Waals surface area contributed by atoms with Gasteiger partial charge in [-0.05, 0) is 32.4 Å². The third-order valence-electron chi connectivity index (χ3n) is 3.95. The summed E-state index contributed by atoms with van der Waals surface area (Å²) in [5.74, 6) is -0.125. The number of aromatic nitrogens is 1. The molecule has 0 spiro atoms. The SMILES string of the molecule is CCn1c(C)cc(C(=O)NCC(O)Cc2ccccc2)c1C. The minimum Gasteiger partial charge on any atom is -0.391 e. The van der Waals surface area contributed by atoms with Crippen LogP contribution in [0.4, 0.5) is 0 Å². The fraction of sp³-hybridized carbons (Fsp3) is 0.389. The lowest BCUT2D eigenvalue weighted by Crippen LogP contribution is -2.33. The van der Waals surface area contributed by atoms with E-state index in [9.17, 15) is 9.90 Å². The smallest absolute Gasteiger partial charge is 0.253 e. The summed E-state index contributed by atoms with van der Waals surface area (Å²) in [7, 11) is 0. The van der Waals surface area contributed by atoms with Crippen LogP contribution in [0, 0.1) is 13.8 Å². The zero-order valence-electron chi connectivity index (χ0n) is 13.5. The third kappa shape index (κ3) is 3.77. The van der Waals surface area contributed by atoms with E-state index >= 15 is 0 Å². The van der Waals surface area contributed by atoms with E-state index in [0.29, 0.717) is 12.0 Å². The van der Waals surface area contributed by atoms with Crippen LogP contribution in [-0.2, 0) is 13.0 Å². The summed E-state index contributed by atoms with van der Waals surface area (Å²) in [5, 5.41) is 12.9. The van der Waals surface area contributed by atoms with Crippen molar-refractivity contribution in [2.75, 3.05) is 6.54 Å². The molecule has 0 aliphatic rings. The van der Waals surface area contributed by atoms with Gasteiger partial charge in [0.1, 0.15) is 0 Å². The number of aliphatic hydroxyl groups is 1. The van der Waals surface area contributed by atoms with Crippen molar-refractivity contribution in [3.63, 3.8) is 0 Å². The molecule has 1 heterocycles. The zero-order chi connectivity index (χ0) is 16.1. The summed E-state index contributed by atoms with van der Waals surface area (Å²) in [5.41, 5.74) is 3.80. The normalized spacial score (nSPS) is 12.2. The van der Waals surface area contributed by atoms with Crippen LogP contribution in [0.25, 0.3) is 0 Å². The molecule has 0 saturated carbocycles. The van der Waals surface area contributed by atoms with Crippen LogP contribution in [0.1, 0.15) is 34.2 Å². The first kappa shape index (κ1) is 16.3. The average molecular weight is 300 g/mol. The van der Waals surface area contributed by atoms with Gasteiger partial charge < -0.3 is 15.0 Å². The molecule has 2 N–H and O–H groups in total. The highest BCUT2D eigenvalue weighted by molar-refractivity contribution is 5.95. The molecule has 1 aromatic carbocycles. The highest BCUT2D eigenvalue weighted by Crippen LogP contribution is 2.14. The lowest BCUT2D eigenvalue weighted by molar-refractivity contribution is 0.0915. The Balaban J connectivity index is 1.92. The largest absolute Gasteiger partial charge is 0.391 e. The number of nitrogens with zero attached hydrogens (tertiary/aromatic N) is 1. The fourth-order valence-corrected chi connectivity index (χ4v) is 2.78. The number of aliphatic hydroxyl groups excluding tert-OH is 1. The molecule has 2 aromatic rings. The van der Waals surface area contributed by atoms with E-state index in [1.165, 1.54) is 0 Å². The van der Waals surface area contributed by atoms with E-state index in [2.05, 4.69) is 16.8 Å². The maximum Gasteiger partial charge on any atom is 0.253 e. The Bertz CT molecular complexity index is 632. The number of benzene rings is 1. The minimum absolute atomic E-state index is 0.125. The molecule has 118 valence electrons. The summed E-state index contributed by atoms with van der Waals surface area (Å²) >= 11 is 0. The minimum atomic E-state index is -0.582. The Morgan fingerprint density at radius 3 is 2.55 bits per heavy atom. The van der Waals surface area contributed by atoms with Gasteiger partial charge >= 0.3 is 0 Å². The van der Waals surface area contributed by atoms with Crippen molar-refractivity contribution in [2.24, 2.45) is 0 Å². The summed E-state index contributed by atoms with van der Waals surface area (Å²) in [6.07, 6.45) is -0.0456. The summed E-state index contributed by atoms with van der Waals surface area (Å²) in [4.78, 5) is 12.3. The van der Waals surface area contributed by atoms with Gasteiger partial charge in [0.2, 0.25) is 0 Å². The topological polar surface area (TPSA) is 54.3 Å². The Morgan fingerprint density at radius 1 is 1.27 bits per heavy atom. The second-order valence-electron chi connectivity index (χ2n) is 5.58. The molecule has 1 unspecified atom stereocenters. The highest BCUT2D eigenvalue weighted by atomic mass is 16.3. The summed E-state index contributed by atoms with van der Waals surface area (Å²) in [6, 6.07) is 11.7. The van der Waals surface area contributed by atoms with Gasteiger partial charge in [0.15, 0.2) is 0 Å². The molecule has 1 aromatic heterocycles. The molecule has 4 nitrogen and oxygen atoms in total. The van der Waals surface area contributed by atoms with Crippen molar-refractivity contribution in [1.82, 2.24) is 9.88 Å². The lowest BCUT2D eigenvalue weighted by Gasteiger charge is -2.12. The van der Waals surface area contributed by atoms with Gasteiger partial charge in [0, 0.05) is 30.9 Å².